The first-order valence-corrected chi connectivity index (χ1v) is 7.74. The fourth-order valence-corrected chi connectivity index (χ4v) is 2.29. The van der Waals surface area contributed by atoms with Gasteiger partial charge in [0.1, 0.15) is 23.0 Å². The minimum atomic E-state index is -0.707. The molecule has 0 bridgehead atoms. The summed E-state index contributed by atoms with van der Waals surface area (Å²) >= 11 is 0. The highest BCUT2D eigenvalue weighted by atomic mass is 16.6. The van der Waals surface area contributed by atoms with E-state index in [9.17, 15) is 30.4 Å². The summed E-state index contributed by atoms with van der Waals surface area (Å²) in [7, 11) is 0. The summed E-state index contributed by atoms with van der Waals surface area (Å²) in [5.41, 5.74) is -0.857. The minimum absolute atomic E-state index is 0.206. The van der Waals surface area contributed by atoms with E-state index >= 15 is 0 Å². The summed E-state index contributed by atoms with van der Waals surface area (Å²) in [5, 5.41) is 40.6. The molecular weight excluding hydrogens is 372 g/mol. The lowest BCUT2D eigenvalue weighted by Gasteiger charge is -2.09. The molecule has 3 rings (SSSR count). The SMILES string of the molecule is O=[N+]([O-])c1ccc(Oc2ccc(Oc3ccc([N+](=O)[O-])c(O)c3)cc2)cc1O. The van der Waals surface area contributed by atoms with E-state index in [1.807, 2.05) is 0 Å². The van der Waals surface area contributed by atoms with Crippen LogP contribution in [0.2, 0.25) is 0 Å². The van der Waals surface area contributed by atoms with E-state index in [0.29, 0.717) is 11.5 Å². The van der Waals surface area contributed by atoms with Crippen molar-refractivity contribution in [1.29, 1.82) is 0 Å². The van der Waals surface area contributed by atoms with Crippen molar-refractivity contribution in [2.75, 3.05) is 0 Å². The van der Waals surface area contributed by atoms with Crippen LogP contribution in [0.15, 0.2) is 60.7 Å². The minimum Gasteiger partial charge on any atom is -0.502 e. The summed E-state index contributed by atoms with van der Waals surface area (Å²) in [6.45, 7) is 0. The second-order valence-electron chi connectivity index (χ2n) is 5.49. The lowest BCUT2D eigenvalue weighted by molar-refractivity contribution is -0.386. The van der Waals surface area contributed by atoms with Crippen molar-refractivity contribution in [3.8, 4) is 34.5 Å². The van der Waals surface area contributed by atoms with E-state index in [2.05, 4.69) is 0 Å². The number of benzene rings is 3. The third-order valence-corrected chi connectivity index (χ3v) is 3.58. The summed E-state index contributed by atoms with van der Waals surface area (Å²) in [4.78, 5) is 20.0. The Morgan fingerprint density at radius 2 is 0.929 bits per heavy atom. The van der Waals surface area contributed by atoms with Crippen molar-refractivity contribution in [2.24, 2.45) is 0 Å². The lowest BCUT2D eigenvalue weighted by atomic mass is 10.2. The summed E-state index contributed by atoms with van der Waals surface area (Å²) in [6.07, 6.45) is 0. The van der Waals surface area contributed by atoms with Crippen molar-refractivity contribution >= 4 is 11.4 Å². The third kappa shape index (κ3) is 4.07. The molecule has 0 saturated heterocycles. The first-order chi connectivity index (χ1) is 13.3. The van der Waals surface area contributed by atoms with Gasteiger partial charge in [0.05, 0.1) is 9.85 Å². The Balaban J connectivity index is 1.70. The van der Waals surface area contributed by atoms with Gasteiger partial charge in [-0.25, -0.2) is 0 Å². The van der Waals surface area contributed by atoms with Crippen LogP contribution in [0.1, 0.15) is 0 Å². The highest BCUT2D eigenvalue weighted by Crippen LogP contribution is 2.34. The molecule has 0 spiro atoms. The molecule has 0 aromatic heterocycles. The standard InChI is InChI=1S/C18H12N2O8/c21-17-9-13(5-7-15(17)19(23)24)27-11-1-2-12(4-3-11)28-14-6-8-16(20(25)26)18(22)10-14/h1-10,21-22H. The van der Waals surface area contributed by atoms with Crippen LogP contribution >= 0.6 is 0 Å². The fourth-order valence-electron chi connectivity index (χ4n) is 2.29. The van der Waals surface area contributed by atoms with Crippen LogP contribution in [0.25, 0.3) is 0 Å². The second kappa shape index (κ2) is 7.50. The number of aromatic hydroxyl groups is 2. The van der Waals surface area contributed by atoms with Crippen LogP contribution < -0.4 is 9.47 Å². The fraction of sp³-hybridized carbons (Fsp3) is 0. The van der Waals surface area contributed by atoms with E-state index in [0.717, 1.165) is 24.3 Å². The Kier molecular flexibility index (Phi) is 4.94. The molecule has 0 radical (unpaired) electrons. The van der Waals surface area contributed by atoms with Crippen molar-refractivity contribution in [1.82, 2.24) is 0 Å². The topological polar surface area (TPSA) is 145 Å². The molecule has 3 aromatic rings. The van der Waals surface area contributed by atoms with Crippen LogP contribution in [-0.4, -0.2) is 20.1 Å². The Bertz CT molecular complexity index is 965. The highest BCUT2D eigenvalue weighted by Gasteiger charge is 2.15. The van der Waals surface area contributed by atoms with Gasteiger partial charge in [-0.05, 0) is 36.4 Å². The van der Waals surface area contributed by atoms with Crippen LogP contribution in [0, 0.1) is 20.2 Å². The van der Waals surface area contributed by atoms with Crippen molar-refractivity contribution in [3.05, 3.63) is 80.9 Å². The molecule has 0 heterocycles. The number of hydrogen-bond donors (Lipinski definition) is 2. The Morgan fingerprint density at radius 1 is 0.607 bits per heavy atom. The molecule has 10 heteroatoms. The molecule has 142 valence electrons. The van der Waals surface area contributed by atoms with Gasteiger partial charge in [-0.1, -0.05) is 0 Å². The first kappa shape index (κ1) is 18.5. The molecule has 0 unspecified atom stereocenters. The predicted octanol–water partition coefficient (Wildman–Crippen LogP) is 4.50. The van der Waals surface area contributed by atoms with E-state index in [-0.39, 0.29) is 11.5 Å². The van der Waals surface area contributed by atoms with Crippen LogP contribution in [0.3, 0.4) is 0 Å². The summed E-state index contributed by atoms with van der Waals surface area (Å²) in [5.74, 6) is 0.147. The normalized spacial score (nSPS) is 10.3. The van der Waals surface area contributed by atoms with Gasteiger partial charge in [-0.15, -0.1) is 0 Å². The maximum Gasteiger partial charge on any atom is 0.310 e. The van der Waals surface area contributed by atoms with Crippen LogP contribution in [0.5, 0.6) is 34.5 Å². The quantitative estimate of drug-likeness (QED) is 0.467. The van der Waals surface area contributed by atoms with Gasteiger partial charge < -0.3 is 19.7 Å². The maximum absolute atomic E-state index is 10.7. The number of nitro benzene ring substituents is 2. The third-order valence-electron chi connectivity index (χ3n) is 3.58. The van der Waals surface area contributed by atoms with Crippen LogP contribution in [0.4, 0.5) is 11.4 Å². The van der Waals surface area contributed by atoms with Crippen molar-refractivity contribution < 1.29 is 29.5 Å². The molecule has 3 aromatic carbocycles. The Labute approximate surface area is 157 Å². The molecule has 0 aliphatic carbocycles. The molecule has 0 fully saturated rings. The van der Waals surface area contributed by atoms with E-state index < -0.39 is 32.7 Å². The number of phenolic OH excluding ortho intramolecular Hbond substituents is 2. The Morgan fingerprint density at radius 3 is 1.21 bits per heavy atom. The molecule has 28 heavy (non-hydrogen) atoms. The summed E-state index contributed by atoms with van der Waals surface area (Å²) in [6, 6.07) is 13.4. The lowest BCUT2D eigenvalue weighted by Crippen LogP contribution is -1.91. The highest BCUT2D eigenvalue weighted by molar-refractivity contribution is 5.51. The number of nitrogens with zero attached hydrogens (tertiary/aromatic N) is 2. The van der Waals surface area contributed by atoms with Crippen LogP contribution in [-0.2, 0) is 0 Å². The smallest absolute Gasteiger partial charge is 0.310 e. The van der Waals surface area contributed by atoms with E-state index in [4.69, 9.17) is 9.47 Å². The van der Waals surface area contributed by atoms with Gasteiger partial charge >= 0.3 is 11.4 Å². The van der Waals surface area contributed by atoms with Gasteiger partial charge in [0.15, 0.2) is 11.5 Å². The maximum atomic E-state index is 10.7. The second-order valence-corrected chi connectivity index (χ2v) is 5.49. The molecule has 10 nitrogen and oxygen atoms in total. The summed E-state index contributed by atoms with van der Waals surface area (Å²) < 4.78 is 11.0. The average Bonchev–Trinajstić information content (AvgIpc) is 2.63. The molecule has 0 aliphatic rings. The zero-order chi connectivity index (χ0) is 20.3. The molecule has 2 N–H and O–H groups in total. The number of nitro groups is 2. The first-order valence-electron chi connectivity index (χ1n) is 7.74. The average molecular weight is 384 g/mol. The molecule has 0 amide bonds. The Hall–Kier alpha value is -4.34. The molecular formula is C18H12N2O8. The monoisotopic (exact) mass is 384 g/mol. The van der Waals surface area contributed by atoms with Gasteiger partial charge in [0.25, 0.3) is 0 Å². The van der Waals surface area contributed by atoms with Crippen molar-refractivity contribution in [2.45, 2.75) is 0 Å². The van der Waals surface area contributed by atoms with E-state index in [1.165, 1.54) is 12.1 Å². The number of phenols is 2. The largest absolute Gasteiger partial charge is 0.502 e. The zero-order valence-corrected chi connectivity index (χ0v) is 14.0. The van der Waals surface area contributed by atoms with Crippen molar-refractivity contribution in [3.63, 3.8) is 0 Å². The molecule has 0 atom stereocenters. The van der Waals surface area contributed by atoms with Gasteiger partial charge in [-0.2, -0.15) is 0 Å². The van der Waals surface area contributed by atoms with Gasteiger partial charge in [-0.3, -0.25) is 20.2 Å². The number of hydrogen-bond acceptors (Lipinski definition) is 8. The van der Waals surface area contributed by atoms with Gasteiger partial charge in [0, 0.05) is 24.3 Å². The van der Waals surface area contributed by atoms with E-state index in [1.54, 1.807) is 24.3 Å². The zero-order valence-electron chi connectivity index (χ0n) is 14.0. The predicted molar refractivity (Wildman–Crippen MR) is 96.1 cm³/mol. The number of rotatable bonds is 6. The number of ether oxygens (including phenoxy) is 2. The van der Waals surface area contributed by atoms with Gasteiger partial charge in [0.2, 0.25) is 0 Å². The molecule has 0 saturated carbocycles. The molecule has 0 aliphatic heterocycles.